The fourth-order valence-corrected chi connectivity index (χ4v) is 2.41. The number of nitrogens with two attached hydrogens (primary N) is 2. The zero-order valence-corrected chi connectivity index (χ0v) is 10.4. The van der Waals surface area contributed by atoms with E-state index in [-0.39, 0.29) is 18.4 Å². The quantitative estimate of drug-likeness (QED) is 0.644. The highest BCUT2D eigenvalue weighted by molar-refractivity contribution is 5.87. The van der Waals surface area contributed by atoms with E-state index in [0.29, 0.717) is 5.92 Å². The molecule has 1 saturated carbocycles. The molecule has 3 atom stereocenters. The molecule has 0 radical (unpaired) electrons. The standard InChI is InChI=1S/C12H23N3O2/c1-2-8-4-3-5-9(6-8)15-12(17)10(13)7-11(14)16/h8-10H,2-7,13H2,1H3,(H2,14,16)(H,15,17). The van der Waals surface area contributed by atoms with Crippen LogP contribution in [0.15, 0.2) is 0 Å². The SMILES string of the molecule is CCC1CCCC(NC(=O)C(N)CC(N)=O)C1. The summed E-state index contributed by atoms with van der Waals surface area (Å²) in [6.45, 7) is 2.17. The summed E-state index contributed by atoms with van der Waals surface area (Å²) >= 11 is 0. The number of primary amides is 1. The van der Waals surface area contributed by atoms with Crippen LogP contribution in [0.25, 0.3) is 0 Å². The Morgan fingerprint density at radius 1 is 1.41 bits per heavy atom. The Labute approximate surface area is 102 Å². The van der Waals surface area contributed by atoms with Gasteiger partial charge in [-0.05, 0) is 18.8 Å². The first kappa shape index (κ1) is 14.0. The number of rotatable bonds is 5. The molecule has 0 aromatic heterocycles. The van der Waals surface area contributed by atoms with E-state index in [1.807, 2.05) is 0 Å². The third-order valence-corrected chi connectivity index (χ3v) is 3.46. The van der Waals surface area contributed by atoms with Crippen LogP contribution < -0.4 is 16.8 Å². The minimum absolute atomic E-state index is 0.0875. The van der Waals surface area contributed by atoms with E-state index < -0.39 is 11.9 Å². The van der Waals surface area contributed by atoms with Crippen LogP contribution in [0.2, 0.25) is 0 Å². The Hall–Kier alpha value is -1.10. The number of nitrogens with one attached hydrogen (secondary N) is 1. The smallest absolute Gasteiger partial charge is 0.237 e. The molecule has 0 saturated heterocycles. The molecule has 0 aromatic rings. The topological polar surface area (TPSA) is 98.2 Å². The molecule has 0 spiro atoms. The van der Waals surface area contributed by atoms with E-state index >= 15 is 0 Å². The van der Waals surface area contributed by atoms with Crippen molar-refractivity contribution in [2.45, 2.75) is 57.5 Å². The van der Waals surface area contributed by atoms with Crippen molar-refractivity contribution in [1.29, 1.82) is 0 Å². The minimum atomic E-state index is -0.811. The third-order valence-electron chi connectivity index (χ3n) is 3.46. The summed E-state index contributed by atoms with van der Waals surface area (Å²) in [5.74, 6) is -0.102. The number of carbonyl (C=O) groups excluding carboxylic acids is 2. The Morgan fingerprint density at radius 2 is 2.12 bits per heavy atom. The molecule has 3 unspecified atom stereocenters. The van der Waals surface area contributed by atoms with Crippen LogP contribution in [0, 0.1) is 5.92 Å². The van der Waals surface area contributed by atoms with Gasteiger partial charge in [0.2, 0.25) is 11.8 Å². The second-order valence-electron chi connectivity index (χ2n) is 4.92. The predicted molar refractivity (Wildman–Crippen MR) is 66.0 cm³/mol. The van der Waals surface area contributed by atoms with Gasteiger partial charge in [0, 0.05) is 6.04 Å². The van der Waals surface area contributed by atoms with Gasteiger partial charge in [-0.25, -0.2) is 0 Å². The molecule has 0 bridgehead atoms. The summed E-state index contributed by atoms with van der Waals surface area (Å²) in [7, 11) is 0. The molecule has 0 aliphatic heterocycles. The number of hydrogen-bond acceptors (Lipinski definition) is 3. The molecule has 2 amide bonds. The second-order valence-corrected chi connectivity index (χ2v) is 4.92. The maximum atomic E-state index is 11.7. The molecule has 0 heterocycles. The van der Waals surface area contributed by atoms with E-state index in [9.17, 15) is 9.59 Å². The molecule has 1 rings (SSSR count). The normalized spacial score (nSPS) is 26.2. The second kappa shape index (κ2) is 6.59. The zero-order chi connectivity index (χ0) is 12.8. The Morgan fingerprint density at radius 3 is 2.71 bits per heavy atom. The van der Waals surface area contributed by atoms with Crippen LogP contribution in [0.5, 0.6) is 0 Å². The zero-order valence-electron chi connectivity index (χ0n) is 10.4. The fraction of sp³-hybridized carbons (Fsp3) is 0.833. The van der Waals surface area contributed by atoms with Crippen LogP contribution in [0.1, 0.15) is 45.4 Å². The average Bonchev–Trinajstić information content (AvgIpc) is 2.28. The van der Waals surface area contributed by atoms with Crippen molar-refractivity contribution >= 4 is 11.8 Å². The average molecular weight is 241 g/mol. The first-order valence-electron chi connectivity index (χ1n) is 6.37. The molecular weight excluding hydrogens is 218 g/mol. The lowest BCUT2D eigenvalue weighted by Gasteiger charge is -2.29. The number of carbonyl (C=O) groups is 2. The lowest BCUT2D eigenvalue weighted by molar-refractivity contribution is -0.127. The van der Waals surface area contributed by atoms with Crippen LogP contribution in [0.4, 0.5) is 0 Å². The fourth-order valence-electron chi connectivity index (χ4n) is 2.41. The Bertz CT molecular complexity index is 281. The Balaban J connectivity index is 2.37. The Kier molecular flexibility index (Phi) is 5.41. The lowest BCUT2D eigenvalue weighted by Crippen LogP contribution is -2.48. The van der Waals surface area contributed by atoms with Gasteiger partial charge in [-0.15, -0.1) is 0 Å². The van der Waals surface area contributed by atoms with Crippen molar-refractivity contribution in [1.82, 2.24) is 5.32 Å². The van der Waals surface area contributed by atoms with Gasteiger partial charge in [0.05, 0.1) is 12.5 Å². The summed E-state index contributed by atoms with van der Waals surface area (Å²) in [5, 5.41) is 2.92. The minimum Gasteiger partial charge on any atom is -0.370 e. The summed E-state index contributed by atoms with van der Waals surface area (Å²) in [5.41, 5.74) is 10.6. The molecular formula is C12H23N3O2. The van der Waals surface area contributed by atoms with E-state index in [4.69, 9.17) is 11.5 Å². The third kappa shape index (κ3) is 4.73. The molecule has 5 N–H and O–H groups in total. The van der Waals surface area contributed by atoms with Gasteiger partial charge >= 0.3 is 0 Å². The molecule has 1 aliphatic carbocycles. The highest BCUT2D eigenvalue weighted by Gasteiger charge is 2.24. The van der Waals surface area contributed by atoms with E-state index in [2.05, 4.69) is 12.2 Å². The maximum absolute atomic E-state index is 11.7. The van der Waals surface area contributed by atoms with E-state index in [1.54, 1.807) is 0 Å². The summed E-state index contributed by atoms with van der Waals surface area (Å²) < 4.78 is 0. The van der Waals surface area contributed by atoms with Crippen molar-refractivity contribution in [2.75, 3.05) is 0 Å². The van der Waals surface area contributed by atoms with E-state index in [1.165, 1.54) is 6.42 Å². The van der Waals surface area contributed by atoms with Crippen LogP contribution in [0.3, 0.4) is 0 Å². The van der Waals surface area contributed by atoms with Crippen LogP contribution >= 0.6 is 0 Å². The molecule has 17 heavy (non-hydrogen) atoms. The van der Waals surface area contributed by atoms with Gasteiger partial charge in [-0.3, -0.25) is 9.59 Å². The van der Waals surface area contributed by atoms with Gasteiger partial charge in [0.15, 0.2) is 0 Å². The molecule has 1 aliphatic rings. The van der Waals surface area contributed by atoms with Gasteiger partial charge in [-0.2, -0.15) is 0 Å². The van der Waals surface area contributed by atoms with Crippen molar-refractivity contribution < 1.29 is 9.59 Å². The molecule has 1 fully saturated rings. The van der Waals surface area contributed by atoms with Gasteiger partial charge < -0.3 is 16.8 Å². The lowest BCUT2D eigenvalue weighted by atomic mass is 9.84. The molecule has 98 valence electrons. The van der Waals surface area contributed by atoms with Gasteiger partial charge in [0.1, 0.15) is 0 Å². The first-order chi connectivity index (χ1) is 8.02. The molecule has 0 aromatic carbocycles. The first-order valence-corrected chi connectivity index (χ1v) is 6.37. The monoisotopic (exact) mass is 241 g/mol. The summed E-state index contributed by atoms with van der Waals surface area (Å²) in [4.78, 5) is 22.4. The van der Waals surface area contributed by atoms with E-state index in [0.717, 1.165) is 25.7 Å². The summed E-state index contributed by atoms with van der Waals surface area (Å²) in [6, 6.07) is -0.602. The van der Waals surface area contributed by atoms with Crippen molar-refractivity contribution in [3.8, 4) is 0 Å². The molecule has 5 nitrogen and oxygen atoms in total. The predicted octanol–water partition coefficient (Wildman–Crippen LogP) is 0.274. The van der Waals surface area contributed by atoms with Gasteiger partial charge in [-0.1, -0.05) is 26.2 Å². The van der Waals surface area contributed by atoms with Crippen molar-refractivity contribution in [3.63, 3.8) is 0 Å². The molecule has 5 heteroatoms. The highest BCUT2D eigenvalue weighted by atomic mass is 16.2. The van der Waals surface area contributed by atoms with Crippen LogP contribution in [-0.2, 0) is 9.59 Å². The van der Waals surface area contributed by atoms with Crippen LogP contribution in [-0.4, -0.2) is 23.9 Å². The number of amides is 2. The summed E-state index contributed by atoms with van der Waals surface area (Å²) in [6.07, 6.45) is 5.48. The van der Waals surface area contributed by atoms with Gasteiger partial charge in [0.25, 0.3) is 0 Å². The maximum Gasteiger partial charge on any atom is 0.237 e. The number of hydrogen-bond donors (Lipinski definition) is 3. The van der Waals surface area contributed by atoms with Crippen molar-refractivity contribution in [3.05, 3.63) is 0 Å². The largest absolute Gasteiger partial charge is 0.370 e. The van der Waals surface area contributed by atoms with Crippen molar-refractivity contribution in [2.24, 2.45) is 17.4 Å². The highest BCUT2D eigenvalue weighted by Crippen LogP contribution is 2.26.